The van der Waals surface area contributed by atoms with Crippen LogP contribution in [-0.4, -0.2) is 34.7 Å². The summed E-state index contributed by atoms with van der Waals surface area (Å²) in [5, 5.41) is 3.29. The van der Waals surface area contributed by atoms with Crippen molar-refractivity contribution in [2.75, 3.05) is 13.1 Å². The number of benzene rings is 1. The van der Waals surface area contributed by atoms with Crippen molar-refractivity contribution in [3.63, 3.8) is 0 Å². The molecule has 0 bridgehead atoms. The first-order valence-electron chi connectivity index (χ1n) is 6.61. The molecule has 5 nitrogen and oxygen atoms in total. The Balaban J connectivity index is 0.00000147. The summed E-state index contributed by atoms with van der Waals surface area (Å²) in [6, 6.07) is 8.01. The van der Waals surface area contributed by atoms with Crippen LogP contribution in [-0.2, 0) is 0 Å². The second kappa shape index (κ2) is 6.24. The highest BCUT2D eigenvalue weighted by atomic mass is 35.5. The molecule has 1 aromatic carbocycles. The van der Waals surface area contributed by atoms with Crippen LogP contribution in [0.1, 0.15) is 24.6 Å². The van der Waals surface area contributed by atoms with Crippen molar-refractivity contribution >= 4 is 29.3 Å². The average molecular weight is 296 g/mol. The third-order valence-corrected chi connectivity index (χ3v) is 3.40. The number of nitrogens with one attached hydrogen (secondary N) is 1. The fourth-order valence-electron chi connectivity index (χ4n) is 2.45. The number of nitrogens with zero attached hydrogens (tertiary/aromatic N) is 2. The van der Waals surface area contributed by atoms with E-state index >= 15 is 0 Å². The number of piperidine rings is 1. The highest BCUT2D eigenvalue weighted by Crippen LogP contribution is 2.23. The lowest BCUT2D eigenvalue weighted by Gasteiger charge is -2.23. The summed E-state index contributed by atoms with van der Waals surface area (Å²) in [6.07, 6.45) is 2.03. The minimum absolute atomic E-state index is 0. The number of para-hydroxylation sites is 2. The van der Waals surface area contributed by atoms with E-state index in [1.807, 2.05) is 24.3 Å². The van der Waals surface area contributed by atoms with E-state index in [1.165, 1.54) is 6.92 Å². The summed E-state index contributed by atoms with van der Waals surface area (Å²) in [5.74, 6) is -0.0716. The molecule has 0 radical (unpaired) electrons. The quantitative estimate of drug-likeness (QED) is 0.923. The second-order valence-electron chi connectivity index (χ2n) is 4.80. The highest BCUT2D eigenvalue weighted by Gasteiger charge is 2.20. The minimum atomic E-state index is -0.0716. The van der Waals surface area contributed by atoms with E-state index in [9.17, 15) is 4.79 Å². The Morgan fingerprint density at radius 1 is 1.35 bits per heavy atom. The molecule has 2 aromatic rings. The summed E-state index contributed by atoms with van der Waals surface area (Å²) < 4.78 is 7.48. The van der Waals surface area contributed by atoms with E-state index in [1.54, 1.807) is 4.57 Å². The fraction of sp³-hybridized carbons (Fsp3) is 0.429. The van der Waals surface area contributed by atoms with Gasteiger partial charge in [-0.3, -0.25) is 4.79 Å². The van der Waals surface area contributed by atoms with E-state index in [4.69, 9.17) is 4.74 Å². The largest absolute Gasteiger partial charge is 0.461 e. The predicted molar refractivity (Wildman–Crippen MR) is 79.8 cm³/mol. The normalized spacial score (nSPS) is 15.8. The van der Waals surface area contributed by atoms with Gasteiger partial charge in [0.2, 0.25) is 5.91 Å². The van der Waals surface area contributed by atoms with Crippen LogP contribution < -0.4 is 10.1 Å². The van der Waals surface area contributed by atoms with Crippen LogP contribution in [0.25, 0.3) is 11.0 Å². The number of ether oxygens (including phenoxy) is 1. The number of imidazole rings is 1. The summed E-state index contributed by atoms with van der Waals surface area (Å²) in [5.41, 5.74) is 1.60. The Morgan fingerprint density at radius 2 is 2.05 bits per heavy atom. The second-order valence-corrected chi connectivity index (χ2v) is 4.80. The number of hydrogen-bond acceptors (Lipinski definition) is 4. The number of fused-ring (bicyclic) bond motifs is 1. The highest BCUT2D eigenvalue weighted by molar-refractivity contribution is 5.90. The van der Waals surface area contributed by atoms with Gasteiger partial charge in [-0.15, -0.1) is 12.4 Å². The van der Waals surface area contributed by atoms with E-state index in [2.05, 4.69) is 10.3 Å². The lowest BCUT2D eigenvalue weighted by atomic mass is 10.1. The molecule has 0 aliphatic carbocycles. The summed E-state index contributed by atoms with van der Waals surface area (Å²) in [6.45, 7) is 3.43. The molecule has 1 fully saturated rings. The van der Waals surface area contributed by atoms with Crippen LogP contribution in [0.15, 0.2) is 24.3 Å². The summed E-state index contributed by atoms with van der Waals surface area (Å²) in [4.78, 5) is 16.2. The smallest absolute Gasteiger partial charge is 0.304 e. The summed E-state index contributed by atoms with van der Waals surface area (Å²) >= 11 is 0. The SMILES string of the molecule is CC(=O)n1c(OC2CCNCC2)nc2ccccc21.Cl. The number of carbonyl (C=O) groups excluding carboxylic acids is 1. The van der Waals surface area contributed by atoms with Crippen molar-refractivity contribution < 1.29 is 9.53 Å². The molecule has 6 heteroatoms. The van der Waals surface area contributed by atoms with Gasteiger partial charge in [-0.1, -0.05) is 12.1 Å². The molecule has 1 aromatic heterocycles. The zero-order valence-electron chi connectivity index (χ0n) is 11.3. The van der Waals surface area contributed by atoms with E-state index in [-0.39, 0.29) is 24.4 Å². The monoisotopic (exact) mass is 295 g/mol. The van der Waals surface area contributed by atoms with Gasteiger partial charge in [0.1, 0.15) is 6.10 Å². The lowest BCUT2D eigenvalue weighted by molar-refractivity contribution is 0.0901. The average Bonchev–Trinajstić information content (AvgIpc) is 2.77. The van der Waals surface area contributed by atoms with Crippen molar-refractivity contribution in [1.29, 1.82) is 0 Å². The molecule has 0 saturated carbocycles. The van der Waals surface area contributed by atoms with E-state index in [0.717, 1.165) is 37.0 Å². The maximum Gasteiger partial charge on any atom is 0.304 e. The number of hydrogen-bond donors (Lipinski definition) is 1. The van der Waals surface area contributed by atoms with Crippen molar-refractivity contribution in [2.24, 2.45) is 0 Å². The first-order valence-corrected chi connectivity index (χ1v) is 6.61. The van der Waals surface area contributed by atoms with Crippen molar-refractivity contribution in [2.45, 2.75) is 25.9 Å². The zero-order chi connectivity index (χ0) is 13.2. The standard InChI is InChI=1S/C14H17N3O2.ClH/c1-10(18)17-13-5-3-2-4-12(13)16-14(17)19-11-6-8-15-9-7-11;/h2-5,11,15H,6-9H2,1H3;1H. The molecule has 108 valence electrons. The molecule has 0 spiro atoms. The molecule has 2 heterocycles. The summed E-state index contributed by atoms with van der Waals surface area (Å²) in [7, 11) is 0. The van der Waals surface area contributed by atoms with Crippen LogP contribution in [0.5, 0.6) is 6.01 Å². The van der Waals surface area contributed by atoms with Crippen molar-refractivity contribution in [3.8, 4) is 6.01 Å². The van der Waals surface area contributed by atoms with Gasteiger partial charge in [0.05, 0.1) is 11.0 Å². The Morgan fingerprint density at radius 3 is 2.75 bits per heavy atom. The van der Waals surface area contributed by atoms with Gasteiger partial charge in [-0.05, 0) is 38.1 Å². The van der Waals surface area contributed by atoms with Crippen LogP contribution in [0.4, 0.5) is 0 Å². The van der Waals surface area contributed by atoms with Gasteiger partial charge < -0.3 is 10.1 Å². The molecular formula is C14H18ClN3O2. The molecule has 20 heavy (non-hydrogen) atoms. The molecule has 1 aliphatic rings. The molecule has 1 aliphatic heterocycles. The Hall–Kier alpha value is -1.59. The molecule has 0 atom stereocenters. The van der Waals surface area contributed by atoms with E-state index in [0.29, 0.717) is 6.01 Å². The maximum absolute atomic E-state index is 11.8. The molecule has 3 rings (SSSR count). The number of halogens is 1. The molecule has 0 unspecified atom stereocenters. The topological polar surface area (TPSA) is 56.1 Å². The number of rotatable bonds is 2. The first kappa shape index (κ1) is 14.8. The minimum Gasteiger partial charge on any atom is -0.461 e. The molecule has 1 saturated heterocycles. The van der Waals surface area contributed by atoms with Gasteiger partial charge in [0.25, 0.3) is 0 Å². The fourth-order valence-corrected chi connectivity index (χ4v) is 2.45. The van der Waals surface area contributed by atoms with Crippen LogP contribution in [0.3, 0.4) is 0 Å². The third-order valence-electron chi connectivity index (χ3n) is 3.40. The Labute approximate surface area is 123 Å². The van der Waals surface area contributed by atoms with Crippen LogP contribution in [0.2, 0.25) is 0 Å². The van der Waals surface area contributed by atoms with E-state index < -0.39 is 0 Å². The first-order chi connectivity index (χ1) is 9.25. The maximum atomic E-state index is 11.8. The number of aromatic nitrogens is 2. The molecule has 1 N–H and O–H groups in total. The van der Waals surface area contributed by atoms with Crippen LogP contribution in [0, 0.1) is 0 Å². The Kier molecular flexibility index (Phi) is 4.62. The van der Waals surface area contributed by atoms with Crippen molar-refractivity contribution in [1.82, 2.24) is 14.9 Å². The molecular weight excluding hydrogens is 278 g/mol. The van der Waals surface area contributed by atoms with Gasteiger partial charge in [-0.2, -0.15) is 4.98 Å². The van der Waals surface area contributed by atoms with Crippen LogP contribution >= 0.6 is 12.4 Å². The molecule has 0 amide bonds. The van der Waals surface area contributed by atoms with Gasteiger partial charge in [0.15, 0.2) is 0 Å². The lowest BCUT2D eigenvalue weighted by Crippen LogP contribution is -2.34. The van der Waals surface area contributed by atoms with Gasteiger partial charge in [-0.25, -0.2) is 4.57 Å². The number of carbonyl (C=O) groups is 1. The van der Waals surface area contributed by atoms with Gasteiger partial charge in [0, 0.05) is 6.92 Å². The van der Waals surface area contributed by atoms with Gasteiger partial charge >= 0.3 is 6.01 Å². The van der Waals surface area contributed by atoms with Crippen molar-refractivity contribution in [3.05, 3.63) is 24.3 Å². The zero-order valence-corrected chi connectivity index (χ0v) is 12.2. The third kappa shape index (κ3) is 2.78. The predicted octanol–water partition coefficient (Wildman–Crippen LogP) is 2.25. The Bertz CT molecular complexity index is 605.